The monoisotopic (exact) mass is 587 g/mol. The summed E-state index contributed by atoms with van der Waals surface area (Å²) in [5.74, 6) is -5.27. The van der Waals surface area contributed by atoms with Crippen LogP contribution in [0.5, 0.6) is 0 Å². The third-order valence-corrected chi connectivity index (χ3v) is 2.37. The van der Waals surface area contributed by atoms with E-state index in [0.717, 1.165) is 0 Å². The van der Waals surface area contributed by atoms with Crippen LogP contribution in [0.15, 0.2) is 54.5 Å². The quantitative estimate of drug-likeness (QED) is 0.212. The minimum atomic E-state index is -4.64. The Morgan fingerprint density at radius 2 is 1.03 bits per heavy atom. The van der Waals surface area contributed by atoms with Crippen LogP contribution in [-0.4, -0.2) is 40.1 Å². The van der Waals surface area contributed by atoms with Crippen molar-refractivity contribution < 1.29 is 101 Å². The number of aliphatic hydroxyl groups is 3. The number of carbonyl (C=O) groups excluding carboxylic acids is 1. The van der Waals surface area contributed by atoms with E-state index in [1.54, 1.807) is 12.4 Å². The number of rotatable bonds is 1. The first-order chi connectivity index (χ1) is 12.3. The Bertz CT molecular complexity index is 563. The first-order valence-electron chi connectivity index (χ1n) is 6.03. The van der Waals surface area contributed by atoms with Crippen molar-refractivity contribution >= 4 is 17.6 Å². The predicted molar refractivity (Wildman–Crippen MR) is 82.6 cm³/mol. The first-order valence-corrected chi connectivity index (χ1v) is 6.91. The van der Waals surface area contributed by atoms with Gasteiger partial charge < -0.3 is 20.1 Å². The number of halogens is 9. The van der Waals surface area contributed by atoms with Gasteiger partial charge in [0.15, 0.2) is 17.3 Å². The maximum absolute atomic E-state index is 10.8. The molecule has 166 valence electrons. The summed E-state index contributed by atoms with van der Waals surface area (Å²) in [6, 6.07) is 3.56. The molecule has 3 N–H and O–H groups in total. The average Bonchev–Trinajstić information content (AvgIpc) is 2.99. The third-order valence-electron chi connectivity index (χ3n) is 1.60. The van der Waals surface area contributed by atoms with Crippen LogP contribution in [0.3, 0.4) is 0 Å². The molecule has 1 rings (SSSR count). The van der Waals surface area contributed by atoms with Crippen LogP contribution in [0.2, 0.25) is 0 Å². The molecule has 0 unspecified atom stereocenters. The van der Waals surface area contributed by atoms with Gasteiger partial charge in [-0.2, -0.15) is 56.9 Å². The van der Waals surface area contributed by atoms with E-state index in [4.69, 9.17) is 15.3 Å². The zero-order valence-corrected chi connectivity index (χ0v) is 17.9. The van der Waals surface area contributed by atoms with E-state index in [2.05, 4.69) is 19.7 Å². The second-order valence-corrected chi connectivity index (χ2v) is 4.86. The predicted octanol–water partition coefficient (Wildman–Crippen LogP) is 6.07. The van der Waals surface area contributed by atoms with Gasteiger partial charge in [0, 0.05) is 48.0 Å². The van der Waals surface area contributed by atoms with Gasteiger partial charge in [0.1, 0.15) is 0 Å². The van der Waals surface area contributed by atoms with Crippen LogP contribution in [0.4, 0.5) is 39.5 Å². The van der Waals surface area contributed by atoms with E-state index in [0.29, 0.717) is 4.88 Å². The molecule has 0 aliphatic rings. The SMILES string of the molecule is C=C(O)C(F)(F)F.C=C(O)C(F)(F)F.C=C(O)C(F)(F)F.O=[C-]c1cccs1.[Ce]. The normalized spacial score (nSPS) is 10.2. The minimum Gasteiger partial charge on any atom is -0.505 e. The second-order valence-electron chi connectivity index (χ2n) is 3.91. The van der Waals surface area contributed by atoms with Gasteiger partial charge in [-0.3, -0.25) is 0 Å². The molecule has 0 bridgehead atoms. The molecule has 0 fully saturated rings. The molecular weight excluding hydrogens is 575 g/mol. The maximum atomic E-state index is 10.8. The molecule has 0 atom stereocenters. The molecule has 0 aliphatic carbocycles. The van der Waals surface area contributed by atoms with Gasteiger partial charge in [0.2, 0.25) is 0 Å². The Morgan fingerprint density at radius 1 is 0.793 bits per heavy atom. The van der Waals surface area contributed by atoms with Crippen LogP contribution < -0.4 is 0 Å². The largest absolute Gasteiger partial charge is 0.505 e. The molecule has 15 heteroatoms. The van der Waals surface area contributed by atoms with Gasteiger partial charge in [-0.05, 0) is 5.38 Å². The minimum absolute atomic E-state index is 0. The molecule has 1 aromatic rings. The fourth-order valence-corrected chi connectivity index (χ4v) is 0.846. The standard InChI is InChI=1S/C5H3OS.3C3H3F3O.Ce/c6-4-5-2-1-3-7-5;3*1-2(7)3(4,5)6;/h1-3H;3*7H,1H2;/q-1;;;;. The van der Waals surface area contributed by atoms with Crippen molar-refractivity contribution in [2.75, 3.05) is 0 Å². The Kier molecular flexibility index (Phi) is 18.9. The summed E-state index contributed by atoms with van der Waals surface area (Å²) >= 11 is 1.40. The molecule has 1 heterocycles. The molecule has 0 amide bonds. The zero-order chi connectivity index (χ0) is 23.3. The molecule has 29 heavy (non-hydrogen) atoms. The summed E-state index contributed by atoms with van der Waals surface area (Å²) in [5.41, 5.74) is 0. The summed E-state index contributed by atoms with van der Waals surface area (Å²) < 4.78 is 97.5. The Labute approximate surface area is 196 Å². The van der Waals surface area contributed by atoms with Crippen molar-refractivity contribution in [2.24, 2.45) is 0 Å². The van der Waals surface area contributed by atoms with Crippen LogP contribution in [-0.2, 0) is 4.79 Å². The van der Waals surface area contributed by atoms with Crippen molar-refractivity contribution in [3.63, 3.8) is 0 Å². The summed E-state index contributed by atoms with van der Waals surface area (Å²) in [7, 11) is 0. The molecule has 0 spiro atoms. The van der Waals surface area contributed by atoms with Crippen molar-refractivity contribution in [1.29, 1.82) is 0 Å². The molecule has 0 aromatic carbocycles. The van der Waals surface area contributed by atoms with E-state index in [1.807, 2.05) is 11.4 Å². The van der Waals surface area contributed by atoms with Crippen molar-refractivity contribution in [1.82, 2.24) is 0 Å². The summed E-state index contributed by atoms with van der Waals surface area (Å²) in [4.78, 5) is 10.4. The number of hydrogen-bond donors (Lipinski definition) is 3. The van der Waals surface area contributed by atoms with Crippen LogP contribution in [0, 0.1) is 41.7 Å². The molecule has 0 saturated carbocycles. The summed E-state index contributed by atoms with van der Waals surface area (Å²) in [6.45, 7) is 6.77. The number of aliphatic hydroxyl groups excluding tert-OH is 3. The van der Waals surface area contributed by atoms with Crippen molar-refractivity contribution in [3.05, 3.63) is 59.4 Å². The van der Waals surface area contributed by atoms with E-state index >= 15 is 0 Å². The molecule has 4 nitrogen and oxygen atoms in total. The fraction of sp³-hybridized carbons (Fsp3) is 0.214. The topological polar surface area (TPSA) is 77.8 Å². The molecule has 1 aromatic heterocycles. The third kappa shape index (κ3) is 24.7. The fourth-order valence-electron chi connectivity index (χ4n) is 0.337. The summed E-state index contributed by atoms with van der Waals surface area (Å²) in [6.07, 6.45) is -12.1. The van der Waals surface area contributed by atoms with Gasteiger partial charge in [0.05, 0.1) is 0 Å². The van der Waals surface area contributed by atoms with E-state index < -0.39 is 35.8 Å². The second kappa shape index (κ2) is 15.6. The number of alkyl halides is 9. The number of allylic oxidation sites excluding steroid dienone is 3. The van der Waals surface area contributed by atoms with Crippen LogP contribution in [0.25, 0.3) is 0 Å². The Balaban J connectivity index is -0.000000142. The van der Waals surface area contributed by atoms with Crippen LogP contribution in [0.1, 0.15) is 4.88 Å². The zero-order valence-electron chi connectivity index (χ0n) is 13.9. The van der Waals surface area contributed by atoms with E-state index in [1.165, 1.54) is 11.3 Å². The van der Waals surface area contributed by atoms with Crippen molar-refractivity contribution in [2.45, 2.75) is 18.5 Å². The smallest absolute Gasteiger partial charge is 0.448 e. The van der Waals surface area contributed by atoms with Crippen molar-refractivity contribution in [3.8, 4) is 0 Å². The molecule has 0 radical (unpaired) electrons. The molecular formula is C14H12CeF9O4S-. The molecule has 0 aliphatic heterocycles. The van der Waals surface area contributed by atoms with Gasteiger partial charge in [-0.25, -0.2) is 0 Å². The van der Waals surface area contributed by atoms with Crippen LogP contribution >= 0.6 is 11.3 Å². The molecule has 0 saturated heterocycles. The maximum Gasteiger partial charge on any atom is 0.448 e. The first kappa shape index (κ1) is 35.2. The number of thiophene rings is 1. The average molecular weight is 587 g/mol. The van der Waals surface area contributed by atoms with Gasteiger partial charge in [-0.1, -0.05) is 19.7 Å². The van der Waals surface area contributed by atoms with E-state index in [9.17, 15) is 44.3 Å². The van der Waals surface area contributed by atoms with Gasteiger partial charge in [0.25, 0.3) is 0 Å². The number of hydrogen-bond acceptors (Lipinski definition) is 5. The Morgan fingerprint density at radius 3 is 1.10 bits per heavy atom. The van der Waals surface area contributed by atoms with E-state index in [-0.39, 0.29) is 41.7 Å². The van der Waals surface area contributed by atoms with Gasteiger partial charge in [-0.15, -0.1) is 10.9 Å². The Hall–Kier alpha value is -1.26. The van der Waals surface area contributed by atoms with Gasteiger partial charge >= 0.3 is 18.5 Å². The summed E-state index contributed by atoms with van der Waals surface area (Å²) in [5, 5.41) is 24.6.